The maximum Gasteiger partial charge on any atom is 0.251 e. The van der Waals surface area contributed by atoms with E-state index in [0.717, 1.165) is 0 Å². The Morgan fingerprint density at radius 3 is 2.57 bits per heavy atom. The second kappa shape index (κ2) is 8.06. The van der Waals surface area contributed by atoms with E-state index in [9.17, 15) is 4.79 Å². The number of methoxy groups -OCH3 is 1. The first-order valence-corrected chi connectivity index (χ1v) is 7.65. The van der Waals surface area contributed by atoms with E-state index in [0.29, 0.717) is 45.8 Å². The van der Waals surface area contributed by atoms with Crippen molar-refractivity contribution in [2.24, 2.45) is 0 Å². The number of hydrogen-bond donors (Lipinski definition) is 3. The van der Waals surface area contributed by atoms with Gasteiger partial charge in [-0.2, -0.15) is 0 Å². The molecule has 0 aliphatic carbocycles. The third-order valence-corrected chi connectivity index (χ3v) is 3.65. The molecule has 0 spiro atoms. The van der Waals surface area contributed by atoms with Crippen LogP contribution in [0.3, 0.4) is 0 Å². The molecule has 0 heterocycles. The average Bonchev–Trinajstić information content (AvgIpc) is 2.51. The van der Waals surface area contributed by atoms with E-state index in [-0.39, 0.29) is 5.91 Å². The van der Waals surface area contributed by atoms with E-state index < -0.39 is 0 Å². The molecule has 0 fully saturated rings. The van der Waals surface area contributed by atoms with Gasteiger partial charge in [-0.3, -0.25) is 4.79 Å². The number of halogens is 2. The van der Waals surface area contributed by atoms with Crippen LogP contribution in [0.2, 0.25) is 10.0 Å². The summed E-state index contributed by atoms with van der Waals surface area (Å²) in [5.41, 5.74) is 8.26. The zero-order valence-electron chi connectivity index (χ0n) is 12.5. The lowest BCUT2D eigenvalue weighted by atomic mass is 10.1. The van der Waals surface area contributed by atoms with Crippen LogP contribution >= 0.6 is 23.2 Å². The SMILES string of the molecule is COCCNC(=O)c1ccc(Nc2ccc(Cl)cc2Cl)c(N)c1. The predicted molar refractivity (Wildman–Crippen MR) is 94.8 cm³/mol. The number of rotatable bonds is 6. The molecular formula is C16H17Cl2N3O2. The van der Waals surface area contributed by atoms with Crippen molar-refractivity contribution < 1.29 is 9.53 Å². The first-order chi connectivity index (χ1) is 11.0. The summed E-state index contributed by atoms with van der Waals surface area (Å²) in [5, 5.41) is 6.89. The summed E-state index contributed by atoms with van der Waals surface area (Å²) in [4.78, 5) is 12.0. The molecule has 0 radical (unpaired) electrons. The van der Waals surface area contributed by atoms with Crippen molar-refractivity contribution in [3.8, 4) is 0 Å². The Morgan fingerprint density at radius 1 is 1.17 bits per heavy atom. The van der Waals surface area contributed by atoms with Crippen molar-refractivity contribution in [3.63, 3.8) is 0 Å². The van der Waals surface area contributed by atoms with Crippen molar-refractivity contribution in [1.29, 1.82) is 0 Å². The lowest BCUT2D eigenvalue weighted by Gasteiger charge is -2.12. The fraction of sp³-hybridized carbons (Fsp3) is 0.188. The Kier molecular flexibility index (Phi) is 6.10. The summed E-state index contributed by atoms with van der Waals surface area (Å²) in [7, 11) is 1.58. The molecule has 2 aromatic rings. The van der Waals surface area contributed by atoms with Crippen LogP contribution in [0.15, 0.2) is 36.4 Å². The molecule has 7 heteroatoms. The highest BCUT2D eigenvalue weighted by atomic mass is 35.5. The molecule has 0 atom stereocenters. The summed E-state index contributed by atoms with van der Waals surface area (Å²) >= 11 is 12.0. The molecular weight excluding hydrogens is 337 g/mol. The number of hydrogen-bond acceptors (Lipinski definition) is 4. The highest BCUT2D eigenvalue weighted by Gasteiger charge is 2.09. The first kappa shape index (κ1) is 17.4. The second-order valence-corrected chi connectivity index (χ2v) is 5.64. The molecule has 5 nitrogen and oxygen atoms in total. The van der Waals surface area contributed by atoms with Gasteiger partial charge in [-0.1, -0.05) is 23.2 Å². The number of anilines is 3. The van der Waals surface area contributed by atoms with E-state index in [1.165, 1.54) is 0 Å². The van der Waals surface area contributed by atoms with Crippen molar-refractivity contribution in [2.75, 3.05) is 31.3 Å². The highest BCUT2D eigenvalue weighted by Crippen LogP contribution is 2.30. The van der Waals surface area contributed by atoms with Crippen LogP contribution in [-0.4, -0.2) is 26.2 Å². The van der Waals surface area contributed by atoms with Gasteiger partial charge in [0.05, 0.1) is 28.7 Å². The highest BCUT2D eigenvalue weighted by molar-refractivity contribution is 6.36. The Balaban J connectivity index is 2.11. The first-order valence-electron chi connectivity index (χ1n) is 6.90. The van der Waals surface area contributed by atoms with Gasteiger partial charge >= 0.3 is 0 Å². The van der Waals surface area contributed by atoms with E-state index >= 15 is 0 Å². The topological polar surface area (TPSA) is 76.4 Å². The minimum absolute atomic E-state index is 0.204. The van der Waals surface area contributed by atoms with E-state index in [1.54, 1.807) is 43.5 Å². The summed E-state index contributed by atoms with van der Waals surface area (Å²) in [5.74, 6) is -0.204. The molecule has 0 aliphatic heterocycles. The fourth-order valence-electron chi connectivity index (χ4n) is 1.92. The quantitative estimate of drug-likeness (QED) is 0.546. The third-order valence-electron chi connectivity index (χ3n) is 3.11. The van der Waals surface area contributed by atoms with Crippen molar-refractivity contribution in [3.05, 3.63) is 52.0 Å². The van der Waals surface area contributed by atoms with Crippen LogP contribution in [0.1, 0.15) is 10.4 Å². The molecule has 0 unspecified atom stereocenters. The summed E-state index contributed by atoms with van der Waals surface area (Å²) in [6.07, 6.45) is 0. The van der Waals surface area contributed by atoms with Gasteiger partial charge in [0.15, 0.2) is 0 Å². The molecule has 0 bridgehead atoms. The molecule has 0 saturated carbocycles. The molecule has 2 rings (SSSR count). The molecule has 122 valence electrons. The van der Waals surface area contributed by atoms with Crippen LogP contribution in [0, 0.1) is 0 Å². The van der Waals surface area contributed by atoms with Gasteiger partial charge in [0, 0.05) is 24.2 Å². The molecule has 1 amide bonds. The van der Waals surface area contributed by atoms with Gasteiger partial charge < -0.3 is 21.1 Å². The minimum atomic E-state index is -0.204. The second-order valence-electron chi connectivity index (χ2n) is 4.80. The number of nitrogens with two attached hydrogens (primary N) is 1. The predicted octanol–water partition coefficient (Wildman–Crippen LogP) is 3.70. The summed E-state index contributed by atoms with van der Waals surface area (Å²) < 4.78 is 4.89. The smallest absolute Gasteiger partial charge is 0.251 e. The Morgan fingerprint density at radius 2 is 1.91 bits per heavy atom. The third kappa shape index (κ3) is 4.76. The Labute approximate surface area is 144 Å². The van der Waals surface area contributed by atoms with Crippen LogP contribution in [0.25, 0.3) is 0 Å². The average molecular weight is 354 g/mol. The largest absolute Gasteiger partial charge is 0.397 e. The monoisotopic (exact) mass is 353 g/mol. The van der Waals surface area contributed by atoms with Gasteiger partial charge in [-0.25, -0.2) is 0 Å². The van der Waals surface area contributed by atoms with Gasteiger partial charge in [0.1, 0.15) is 0 Å². The lowest BCUT2D eigenvalue weighted by molar-refractivity contribution is 0.0937. The normalized spacial score (nSPS) is 10.4. The number of nitrogen functional groups attached to an aromatic ring is 1. The van der Waals surface area contributed by atoms with Crippen LogP contribution in [-0.2, 0) is 4.74 Å². The molecule has 0 aromatic heterocycles. The standard InChI is InChI=1S/C16H17Cl2N3O2/c1-23-7-6-20-16(22)10-2-4-15(13(19)8-10)21-14-5-3-11(17)9-12(14)18/h2-5,8-9,21H,6-7,19H2,1H3,(H,20,22). The van der Waals surface area contributed by atoms with Crippen LogP contribution < -0.4 is 16.4 Å². The maximum atomic E-state index is 12.0. The fourth-order valence-corrected chi connectivity index (χ4v) is 2.38. The summed E-state index contributed by atoms with van der Waals surface area (Å²) in [6, 6.07) is 10.1. The molecule has 2 aromatic carbocycles. The van der Waals surface area contributed by atoms with Crippen LogP contribution in [0.5, 0.6) is 0 Å². The molecule has 0 saturated heterocycles. The van der Waals surface area contributed by atoms with Gasteiger partial charge in [0.2, 0.25) is 0 Å². The van der Waals surface area contributed by atoms with Crippen molar-refractivity contribution >= 4 is 46.2 Å². The number of carbonyl (C=O) groups excluding carboxylic acids is 1. The zero-order chi connectivity index (χ0) is 16.8. The summed E-state index contributed by atoms with van der Waals surface area (Å²) in [6.45, 7) is 0.894. The van der Waals surface area contributed by atoms with E-state index in [4.69, 9.17) is 33.7 Å². The van der Waals surface area contributed by atoms with E-state index in [1.807, 2.05) is 0 Å². The van der Waals surface area contributed by atoms with Crippen molar-refractivity contribution in [1.82, 2.24) is 5.32 Å². The van der Waals surface area contributed by atoms with Gasteiger partial charge in [0.25, 0.3) is 5.91 Å². The number of benzene rings is 2. The maximum absolute atomic E-state index is 12.0. The number of nitrogens with one attached hydrogen (secondary N) is 2. The Hall–Kier alpha value is -1.95. The molecule has 0 aliphatic rings. The van der Waals surface area contributed by atoms with Gasteiger partial charge in [-0.05, 0) is 36.4 Å². The van der Waals surface area contributed by atoms with Gasteiger partial charge in [-0.15, -0.1) is 0 Å². The number of ether oxygens (including phenoxy) is 1. The number of carbonyl (C=O) groups is 1. The molecule has 23 heavy (non-hydrogen) atoms. The van der Waals surface area contributed by atoms with Crippen molar-refractivity contribution in [2.45, 2.75) is 0 Å². The van der Waals surface area contributed by atoms with Crippen LogP contribution in [0.4, 0.5) is 17.1 Å². The minimum Gasteiger partial charge on any atom is -0.397 e. The van der Waals surface area contributed by atoms with E-state index in [2.05, 4.69) is 10.6 Å². The zero-order valence-corrected chi connectivity index (χ0v) is 14.0. The number of amides is 1. The Bertz CT molecular complexity index is 708. The molecule has 4 N–H and O–H groups in total. The lowest BCUT2D eigenvalue weighted by Crippen LogP contribution is -2.27.